The van der Waals surface area contributed by atoms with E-state index in [2.05, 4.69) is 14.7 Å². The van der Waals surface area contributed by atoms with Crippen molar-refractivity contribution in [1.82, 2.24) is 19.3 Å². The molecule has 0 radical (unpaired) electrons. The Morgan fingerprint density at radius 3 is 2.65 bits per heavy atom. The number of hydrogen-bond donors (Lipinski definition) is 1. The number of hydrogen-bond acceptors (Lipinski definition) is 7. The number of imidazole rings is 1. The van der Waals surface area contributed by atoms with Gasteiger partial charge in [0.25, 0.3) is 5.91 Å². The Balaban J connectivity index is 1.69. The van der Waals surface area contributed by atoms with Crippen LogP contribution in [0.1, 0.15) is 34.0 Å². The van der Waals surface area contributed by atoms with E-state index in [-0.39, 0.29) is 16.4 Å². The molecule has 3 heterocycles. The highest BCUT2D eigenvalue weighted by Crippen LogP contribution is 2.39. The zero-order valence-electron chi connectivity index (χ0n) is 18.7. The van der Waals surface area contributed by atoms with Gasteiger partial charge in [0, 0.05) is 24.4 Å². The monoisotopic (exact) mass is 487 g/mol. The second-order valence-electron chi connectivity index (χ2n) is 7.83. The summed E-state index contributed by atoms with van der Waals surface area (Å²) < 4.78 is 38.1. The zero-order valence-corrected chi connectivity index (χ0v) is 19.6. The number of alkyl halides is 2. The van der Waals surface area contributed by atoms with Gasteiger partial charge in [0.15, 0.2) is 5.65 Å². The molecular weight excluding hydrogens is 464 g/mol. The summed E-state index contributed by atoms with van der Waals surface area (Å²) >= 11 is 1.17. The number of primary amides is 1. The molecule has 0 saturated carbocycles. The van der Waals surface area contributed by atoms with Crippen LogP contribution in [0, 0.1) is 0 Å². The average Bonchev–Trinajstić information content (AvgIpc) is 3.37. The Morgan fingerprint density at radius 2 is 1.94 bits per heavy atom. The fourth-order valence-electron chi connectivity index (χ4n) is 3.55. The highest BCUT2D eigenvalue weighted by atomic mass is 32.1. The first-order chi connectivity index (χ1) is 16.2. The summed E-state index contributed by atoms with van der Waals surface area (Å²) in [5.41, 5.74) is 8.28. The molecule has 4 aromatic rings. The smallest absolute Gasteiger partial charge is 0.387 e. The number of nitrogens with zero attached hydrogens (tertiary/aromatic N) is 4. The first kappa shape index (κ1) is 23.6. The van der Waals surface area contributed by atoms with Crippen molar-refractivity contribution in [1.29, 1.82) is 0 Å². The van der Waals surface area contributed by atoms with Crippen molar-refractivity contribution in [3.63, 3.8) is 0 Å². The lowest BCUT2D eigenvalue weighted by Gasteiger charge is -2.18. The Labute approximate surface area is 198 Å². The van der Waals surface area contributed by atoms with Crippen molar-refractivity contribution in [2.45, 2.75) is 26.2 Å². The molecule has 0 bridgehead atoms. The van der Waals surface area contributed by atoms with Gasteiger partial charge in [0.1, 0.15) is 22.5 Å². The van der Waals surface area contributed by atoms with Gasteiger partial charge >= 0.3 is 6.61 Å². The van der Waals surface area contributed by atoms with Crippen molar-refractivity contribution in [2.75, 3.05) is 14.1 Å². The maximum absolute atomic E-state index is 12.8. The van der Waals surface area contributed by atoms with Crippen LogP contribution in [0.2, 0.25) is 0 Å². The first-order valence-electron chi connectivity index (χ1n) is 10.3. The molecule has 0 fully saturated rings. The van der Waals surface area contributed by atoms with Crippen LogP contribution in [-0.4, -0.2) is 45.9 Å². The molecule has 11 heteroatoms. The predicted molar refractivity (Wildman–Crippen MR) is 124 cm³/mol. The third kappa shape index (κ3) is 5.00. The van der Waals surface area contributed by atoms with Gasteiger partial charge in [-0.2, -0.15) is 8.78 Å². The number of fused-ring (bicyclic) bond motifs is 1. The second kappa shape index (κ2) is 9.74. The lowest BCUT2D eigenvalue weighted by atomic mass is 10.1. The summed E-state index contributed by atoms with van der Waals surface area (Å²) in [6.45, 7) is -0.635. The fraction of sp³-hybridized carbons (Fsp3) is 0.261. The van der Waals surface area contributed by atoms with Gasteiger partial charge in [-0.1, -0.05) is 18.2 Å². The van der Waals surface area contributed by atoms with Crippen LogP contribution in [0.4, 0.5) is 8.78 Å². The number of benzene rings is 1. The second-order valence-corrected chi connectivity index (χ2v) is 8.88. The SMILES string of the molecule is CC(Oc1cc(-c2cnc3cnc(CN(C)C)cn23)sc1C(N)=O)c1ccccc1OC(F)F. The van der Waals surface area contributed by atoms with Gasteiger partial charge in [-0.05, 0) is 27.1 Å². The lowest BCUT2D eigenvalue weighted by molar-refractivity contribution is -0.0512. The molecule has 1 aromatic carbocycles. The molecule has 2 N–H and O–H groups in total. The van der Waals surface area contributed by atoms with E-state index in [1.807, 2.05) is 29.6 Å². The van der Waals surface area contributed by atoms with Crippen LogP contribution in [-0.2, 0) is 6.54 Å². The van der Waals surface area contributed by atoms with E-state index in [0.29, 0.717) is 22.6 Å². The average molecular weight is 488 g/mol. The quantitative estimate of drug-likeness (QED) is 0.377. The van der Waals surface area contributed by atoms with E-state index in [4.69, 9.17) is 10.5 Å². The van der Waals surface area contributed by atoms with Crippen molar-refractivity contribution in [3.05, 3.63) is 65.1 Å². The lowest BCUT2D eigenvalue weighted by Crippen LogP contribution is -2.13. The topological polar surface area (TPSA) is 95.0 Å². The Morgan fingerprint density at radius 1 is 1.18 bits per heavy atom. The number of rotatable bonds is 9. The number of ether oxygens (including phenoxy) is 2. The normalized spacial score (nSPS) is 12.4. The number of para-hydroxylation sites is 1. The van der Waals surface area contributed by atoms with Gasteiger partial charge in [-0.25, -0.2) is 4.98 Å². The molecule has 34 heavy (non-hydrogen) atoms. The van der Waals surface area contributed by atoms with Gasteiger partial charge in [0.05, 0.1) is 28.7 Å². The first-order valence-corrected chi connectivity index (χ1v) is 11.2. The van der Waals surface area contributed by atoms with Gasteiger partial charge in [0.2, 0.25) is 0 Å². The summed E-state index contributed by atoms with van der Waals surface area (Å²) in [6.07, 6.45) is 4.58. The standard InChI is InChI=1S/C23H23F2N5O3S/c1-13(15-6-4-5-7-17(15)33-23(24)25)32-18-8-19(34-21(18)22(26)31)16-9-28-20-10-27-14(11-29(2)3)12-30(16)20/h4-10,12-13,23H,11H2,1-3H3,(H2,26,31). The summed E-state index contributed by atoms with van der Waals surface area (Å²) in [4.78, 5) is 23.9. The summed E-state index contributed by atoms with van der Waals surface area (Å²) in [5.74, 6) is -0.396. The molecule has 0 aliphatic heterocycles. The molecule has 0 aliphatic carbocycles. The molecule has 1 amide bonds. The molecule has 1 atom stereocenters. The molecule has 0 saturated heterocycles. The molecule has 178 valence electrons. The van der Waals surface area contributed by atoms with E-state index in [1.54, 1.807) is 43.6 Å². The number of nitrogens with two attached hydrogens (primary N) is 1. The number of amides is 1. The number of halogens is 2. The van der Waals surface area contributed by atoms with E-state index in [9.17, 15) is 13.6 Å². The minimum absolute atomic E-state index is 0.00350. The van der Waals surface area contributed by atoms with Crippen molar-refractivity contribution < 1.29 is 23.0 Å². The Bertz CT molecular complexity index is 1320. The third-order valence-corrected chi connectivity index (χ3v) is 6.13. The molecular formula is C23H23F2N5O3S. The van der Waals surface area contributed by atoms with Crippen LogP contribution >= 0.6 is 11.3 Å². The number of thiophene rings is 1. The number of aromatic nitrogens is 3. The van der Waals surface area contributed by atoms with Crippen LogP contribution in [0.25, 0.3) is 16.2 Å². The molecule has 1 unspecified atom stereocenters. The van der Waals surface area contributed by atoms with E-state index < -0.39 is 18.6 Å². The van der Waals surface area contributed by atoms with E-state index in [0.717, 1.165) is 11.4 Å². The van der Waals surface area contributed by atoms with Crippen molar-refractivity contribution >= 4 is 22.9 Å². The molecule has 8 nitrogen and oxygen atoms in total. The molecule has 3 aromatic heterocycles. The number of carbonyl (C=O) groups is 1. The Kier molecular flexibility index (Phi) is 6.75. The largest absolute Gasteiger partial charge is 0.484 e. The summed E-state index contributed by atoms with van der Waals surface area (Å²) in [6, 6.07) is 8.05. The van der Waals surface area contributed by atoms with Crippen molar-refractivity contribution in [2.24, 2.45) is 5.73 Å². The van der Waals surface area contributed by atoms with Crippen molar-refractivity contribution in [3.8, 4) is 22.1 Å². The molecule has 4 rings (SSSR count). The minimum atomic E-state index is -2.97. The highest BCUT2D eigenvalue weighted by molar-refractivity contribution is 7.17. The van der Waals surface area contributed by atoms with Gasteiger partial charge < -0.3 is 20.1 Å². The van der Waals surface area contributed by atoms with E-state index in [1.165, 1.54) is 17.4 Å². The fourth-order valence-corrected chi connectivity index (χ4v) is 4.50. The van der Waals surface area contributed by atoms with Crippen LogP contribution in [0.15, 0.2) is 48.9 Å². The zero-order chi connectivity index (χ0) is 24.4. The van der Waals surface area contributed by atoms with Crippen LogP contribution < -0.4 is 15.2 Å². The van der Waals surface area contributed by atoms with Crippen LogP contribution in [0.5, 0.6) is 11.5 Å². The minimum Gasteiger partial charge on any atom is -0.484 e. The number of carbonyl (C=O) groups excluding carboxylic acids is 1. The van der Waals surface area contributed by atoms with E-state index >= 15 is 0 Å². The molecule has 0 aliphatic rings. The maximum Gasteiger partial charge on any atom is 0.387 e. The van der Waals surface area contributed by atoms with Gasteiger partial charge in [-0.3, -0.25) is 14.2 Å². The maximum atomic E-state index is 12.8. The highest BCUT2D eigenvalue weighted by Gasteiger charge is 2.22. The Hall–Kier alpha value is -3.57. The molecule has 0 spiro atoms. The summed E-state index contributed by atoms with van der Waals surface area (Å²) in [7, 11) is 3.91. The summed E-state index contributed by atoms with van der Waals surface area (Å²) in [5, 5.41) is 0. The van der Waals surface area contributed by atoms with Crippen LogP contribution in [0.3, 0.4) is 0 Å². The predicted octanol–water partition coefficient (Wildman–Crippen LogP) is 4.36. The third-order valence-electron chi connectivity index (χ3n) is 4.98. The van der Waals surface area contributed by atoms with Gasteiger partial charge in [-0.15, -0.1) is 11.3 Å².